The van der Waals surface area contributed by atoms with Gasteiger partial charge in [-0.25, -0.2) is 0 Å². The number of carbonyl (C=O) groups is 3. The first kappa shape index (κ1) is 19.3. The van der Waals surface area contributed by atoms with Crippen LogP contribution in [0.15, 0.2) is 54.6 Å². The summed E-state index contributed by atoms with van der Waals surface area (Å²) in [5.41, 5.74) is 3.56. The maximum Gasteiger partial charge on any atom is 0.257 e. The zero-order valence-corrected chi connectivity index (χ0v) is 17.3. The highest BCUT2D eigenvalue weighted by Crippen LogP contribution is 2.33. The van der Waals surface area contributed by atoms with Crippen molar-refractivity contribution in [3.05, 3.63) is 65.7 Å². The number of carbonyl (C=O) groups excluding carboxylic acids is 3. The molecule has 2 N–H and O–H groups in total. The summed E-state index contributed by atoms with van der Waals surface area (Å²) in [7, 11) is 0. The molecule has 3 aromatic carbocycles. The second-order valence-electron chi connectivity index (χ2n) is 8.23. The Hall–Kier alpha value is -3.67. The first-order chi connectivity index (χ1) is 15.0. The average Bonchev–Trinajstić information content (AvgIpc) is 3.52. The monoisotopic (exact) mass is 413 g/mol. The molecule has 6 nitrogen and oxygen atoms in total. The normalized spacial score (nSPS) is 14.9. The van der Waals surface area contributed by atoms with Gasteiger partial charge >= 0.3 is 0 Å². The summed E-state index contributed by atoms with van der Waals surface area (Å²) in [5.74, 6) is -0.254. The highest BCUT2D eigenvalue weighted by molar-refractivity contribution is 6.13. The summed E-state index contributed by atoms with van der Waals surface area (Å²) in [5, 5.41) is 7.81. The lowest BCUT2D eigenvalue weighted by Gasteiger charge is -2.16. The molecule has 0 spiro atoms. The minimum Gasteiger partial charge on any atom is -0.325 e. The molecule has 2 aliphatic rings. The van der Waals surface area contributed by atoms with Crippen molar-refractivity contribution in [1.82, 2.24) is 0 Å². The topological polar surface area (TPSA) is 78.5 Å². The minimum atomic E-state index is -0.279. The van der Waals surface area contributed by atoms with E-state index in [4.69, 9.17) is 0 Å². The molecule has 0 aromatic heterocycles. The van der Waals surface area contributed by atoms with E-state index in [0.29, 0.717) is 23.5 Å². The number of hydrogen-bond acceptors (Lipinski definition) is 3. The van der Waals surface area contributed by atoms with Crippen LogP contribution in [0, 0.1) is 5.92 Å². The third-order valence-corrected chi connectivity index (χ3v) is 5.95. The molecule has 1 saturated carbocycles. The molecule has 0 unspecified atom stereocenters. The van der Waals surface area contributed by atoms with E-state index in [-0.39, 0.29) is 23.6 Å². The van der Waals surface area contributed by atoms with Crippen LogP contribution in [0.25, 0.3) is 10.8 Å². The molecule has 1 fully saturated rings. The summed E-state index contributed by atoms with van der Waals surface area (Å²) in [6.07, 6.45) is 2.55. The van der Waals surface area contributed by atoms with E-state index in [0.717, 1.165) is 41.3 Å². The predicted molar refractivity (Wildman–Crippen MR) is 121 cm³/mol. The number of nitrogens with zero attached hydrogens (tertiary/aromatic N) is 1. The number of rotatable bonds is 4. The fourth-order valence-electron chi connectivity index (χ4n) is 4.12. The van der Waals surface area contributed by atoms with E-state index in [2.05, 4.69) is 10.6 Å². The summed E-state index contributed by atoms with van der Waals surface area (Å²) >= 11 is 0. The van der Waals surface area contributed by atoms with Crippen LogP contribution in [-0.2, 0) is 16.0 Å². The van der Waals surface area contributed by atoms with Gasteiger partial charge in [0.15, 0.2) is 0 Å². The van der Waals surface area contributed by atoms with Gasteiger partial charge in [-0.15, -0.1) is 0 Å². The van der Waals surface area contributed by atoms with Crippen LogP contribution in [0.4, 0.5) is 17.1 Å². The van der Waals surface area contributed by atoms with Crippen LogP contribution in [0.2, 0.25) is 0 Å². The van der Waals surface area contributed by atoms with Gasteiger partial charge in [-0.3, -0.25) is 14.4 Å². The Bertz CT molecular complexity index is 1230. The van der Waals surface area contributed by atoms with E-state index in [1.54, 1.807) is 11.8 Å². The molecule has 1 aliphatic heterocycles. The van der Waals surface area contributed by atoms with E-state index in [9.17, 15) is 14.4 Å². The molecule has 0 bridgehead atoms. The molecule has 5 rings (SSSR count). The Morgan fingerprint density at radius 1 is 0.935 bits per heavy atom. The zero-order valence-electron chi connectivity index (χ0n) is 17.3. The van der Waals surface area contributed by atoms with Gasteiger partial charge in [-0.05, 0) is 65.9 Å². The van der Waals surface area contributed by atoms with Gasteiger partial charge in [0.05, 0.1) is 11.3 Å². The van der Waals surface area contributed by atoms with Crippen molar-refractivity contribution in [2.24, 2.45) is 5.92 Å². The van der Waals surface area contributed by atoms with Gasteiger partial charge in [0.2, 0.25) is 11.8 Å². The van der Waals surface area contributed by atoms with Gasteiger partial charge in [0.25, 0.3) is 5.91 Å². The lowest BCUT2D eigenvalue weighted by Crippen LogP contribution is -2.25. The largest absolute Gasteiger partial charge is 0.325 e. The van der Waals surface area contributed by atoms with Gasteiger partial charge in [-0.1, -0.05) is 24.3 Å². The fourth-order valence-corrected chi connectivity index (χ4v) is 4.12. The van der Waals surface area contributed by atoms with Crippen molar-refractivity contribution >= 4 is 45.6 Å². The maximum absolute atomic E-state index is 13.2. The van der Waals surface area contributed by atoms with Crippen molar-refractivity contribution in [1.29, 1.82) is 0 Å². The third kappa shape index (κ3) is 3.77. The van der Waals surface area contributed by atoms with Gasteiger partial charge in [-0.2, -0.15) is 0 Å². The number of amides is 3. The lowest BCUT2D eigenvalue weighted by molar-refractivity contribution is -0.117. The second-order valence-corrected chi connectivity index (χ2v) is 8.23. The predicted octanol–water partition coefficient (Wildman–Crippen LogP) is 4.35. The molecule has 0 atom stereocenters. The van der Waals surface area contributed by atoms with Crippen LogP contribution in [0.1, 0.15) is 35.7 Å². The molecule has 156 valence electrons. The minimum absolute atomic E-state index is 0.0164. The number of hydrogen-bond donors (Lipinski definition) is 2. The van der Waals surface area contributed by atoms with Gasteiger partial charge in [0, 0.05) is 30.8 Å². The molecule has 3 amide bonds. The SMILES string of the molecule is CC(=O)N1CCc2cc(NC(=O)c3cc4ccccc4cc3NC(=O)C3CC3)ccc21. The smallest absolute Gasteiger partial charge is 0.257 e. The van der Waals surface area contributed by atoms with Gasteiger partial charge in [0.1, 0.15) is 0 Å². The molecular formula is C25H23N3O3. The maximum atomic E-state index is 13.2. The first-order valence-electron chi connectivity index (χ1n) is 10.6. The second kappa shape index (κ2) is 7.54. The number of anilines is 3. The number of benzene rings is 3. The van der Waals surface area contributed by atoms with Gasteiger partial charge < -0.3 is 15.5 Å². The molecule has 31 heavy (non-hydrogen) atoms. The van der Waals surface area contributed by atoms with Crippen molar-refractivity contribution in [3.8, 4) is 0 Å². The summed E-state index contributed by atoms with van der Waals surface area (Å²) in [6.45, 7) is 2.21. The molecule has 0 radical (unpaired) electrons. The zero-order chi connectivity index (χ0) is 21.5. The van der Waals surface area contributed by atoms with E-state index >= 15 is 0 Å². The molecule has 6 heteroatoms. The Morgan fingerprint density at radius 2 is 1.68 bits per heavy atom. The highest BCUT2D eigenvalue weighted by Gasteiger charge is 2.30. The van der Waals surface area contributed by atoms with Crippen LogP contribution in [-0.4, -0.2) is 24.3 Å². The van der Waals surface area contributed by atoms with Crippen molar-refractivity contribution in [3.63, 3.8) is 0 Å². The third-order valence-electron chi connectivity index (χ3n) is 5.95. The average molecular weight is 413 g/mol. The Labute approximate surface area is 180 Å². The number of fused-ring (bicyclic) bond motifs is 2. The standard InChI is InChI=1S/C25H23N3O3/c1-15(29)28-11-10-19-12-20(8-9-23(19)28)26-25(31)21-13-17-4-2-3-5-18(17)14-22(21)27-24(30)16-6-7-16/h2-5,8-9,12-14,16H,6-7,10-11H2,1H3,(H,26,31)(H,27,30). The number of nitrogens with one attached hydrogen (secondary N) is 2. The van der Waals surface area contributed by atoms with E-state index < -0.39 is 0 Å². The summed E-state index contributed by atoms with van der Waals surface area (Å²) < 4.78 is 0. The Morgan fingerprint density at radius 3 is 2.39 bits per heavy atom. The summed E-state index contributed by atoms with van der Waals surface area (Å²) in [6, 6.07) is 17.0. The first-order valence-corrected chi connectivity index (χ1v) is 10.6. The van der Waals surface area contributed by atoms with E-state index in [1.165, 1.54) is 0 Å². The van der Waals surface area contributed by atoms with Crippen molar-refractivity contribution in [2.45, 2.75) is 26.2 Å². The van der Waals surface area contributed by atoms with Crippen LogP contribution in [0.5, 0.6) is 0 Å². The molecule has 0 saturated heterocycles. The van der Waals surface area contributed by atoms with Crippen LogP contribution in [0.3, 0.4) is 0 Å². The van der Waals surface area contributed by atoms with Crippen molar-refractivity contribution < 1.29 is 14.4 Å². The highest BCUT2D eigenvalue weighted by atomic mass is 16.2. The van der Waals surface area contributed by atoms with E-state index in [1.807, 2.05) is 54.6 Å². The molecule has 1 aliphatic carbocycles. The van der Waals surface area contributed by atoms with Crippen LogP contribution < -0.4 is 15.5 Å². The quantitative estimate of drug-likeness (QED) is 0.667. The Kier molecular flexibility index (Phi) is 4.70. The Balaban J connectivity index is 1.45. The fraction of sp³-hybridized carbons (Fsp3) is 0.240. The molecule has 3 aromatic rings. The molecule has 1 heterocycles. The lowest BCUT2D eigenvalue weighted by atomic mass is 10.0. The van der Waals surface area contributed by atoms with Crippen molar-refractivity contribution in [2.75, 3.05) is 22.1 Å². The summed E-state index contributed by atoms with van der Waals surface area (Å²) in [4.78, 5) is 39.1. The molecular weight excluding hydrogens is 390 g/mol. The van der Waals surface area contributed by atoms with Crippen LogP contribution >= 0.6 is 0 Å².